The molecule has 0 fully saturated rings. The fourth-order valence-electron chi connectivity index (χ4n) is 4.27. The van der Waals surface area contributed by atoms with E-state index < -0.39 is 24.5 Å². The Bertz CT molecular complexity index is 1360. The second-order valence-electron chi connectivity index (χ2n) is 8.65. The van der Waals surface area contributed by atoms with Crippen molar-refractivity contribution in [3.05, 3.63) is 83.9 Å². The lowest BCUT2D eigenvalue weighted by Gasteiger charge is -2.32. The van der Waals surface area contributed by atoms with Crippen LogP contribution in [0.4, 0.5) is 21.9 Å². The number of para-hydroxylation sites is 1. The molecule has 3 aromatic carbocycles. The number of anilines is 3. The summed E-state index contributed by atoms with van der Waals surface area (Å²) in [6, 6.07) is 19.5. The zero-order chi connectivity index (χ0) is 27.1. The van der Waals surface area contributed by atoms with Gasteiger partial charge in [-0.1, -0.05) is 30.3 Å². The molecule has 196 valence electrons. The number of carboxylic acid groups (broad SMARTS) is 1. The van der Waals surface area contributed by atoms with Crippen molar-refractivity contribution in [2.24, 2.45) is 0 Å². The molecule has 1 aliphatic heterocycles. The number of carboxylic acids is 1. The molecule has 0 aliphatic carbocycles. The number of hydrogen-bond donors (Lipinski definition) is 3. The molecule has 4 rings (SSSR count). The maximum atomic E-state index is 13.4. The molecule has 3 aromatic rings. The van der Waals surface area contributed by atoms with Gasteiger partial charge in [0.2, 0.25) is 11.8 Å². The molecule has 1 heterocycles. The highest BCUT2D eigenvalue weighted by molar-refractivity contribution is 6.06. The standard InChI is InChI=1S/C28H28N4O6/c1-38-23-12-5-11-22(16-23)32(18-26(34)31-14-6-9-19-7-2-3-13-24(19)31)25(33)17-29-28(37)30-21-10-4-8-20(15-21)27(35)36/h2-5,7-8,10-13,15-16H,6,9,14,17-18H2,1H3,(H,35,36)(H2,29,30,37). The number of rotatable bonds is 8. The molecule has 0 bridgehead atoms. The van der Waals surface area contributed by atoms with E-state index in [-0.39, 0.29) is 23.7 Å². The highest BCUT2D eigenvalue weighted by Gasteiger charge is 2.27. The van der Waals surface area contributed by atoms with Gasteiger partial charge in [-0.05, 0) is 54.8 Å². The van der Waals surface area contributed by atoms with Crippen LogP contribution in [-0.2, 0) is 16.0 Å². The molecule has 0 atom stereocenters. The summed E-state index contributed by atoms with van der Waals surface area (Å²) >= 11 is 0. The zero-order valence-electron chi connectivity index (χ0n) is 20.8. The van der Waals surface area contributed by atoms with Crippen LogP contribution in [0.5, 0.6) is 5.75 Å². The third-order valence-electron chi connectivity index (χ3n) is 6.14. The highest BCUT2D eigenvalue weighted by atomic mass is 16.5. The molecular formula is C28H28N4O6. The number of hydrogen-bond acceptors (Lipinski definition) is 5. The van der Waals surface area contributed by atoms with Gasteiger partial charge in [0.1, 0.15) is 12.3 Å². The first kappa shape index (κ1) is 26.2. The number of aromatic carboxylic acids is 1. The molecule has 0 radical (unpaired) electrons. The van der Waals surface area contributed by atoms with E-state index >= 15 is 0 Å². The summed E-state index contributed by atoms with van der Waals surface area (Å²) in [7, 11) is 1.51. The van der Waals surface area contributed by atoms with E-state index in [2.05, 4.69) is 10.6 Å². The number of nitrogens with one attached hydrogen (secondary N) is 2. The lowest BCUT2D eigenvalue weighted by molar-refractivity contribution is -0.122. The second kappa shape index (κ2) is 11.9. The van der Waals surface area contributed by atoms with Crippen molar-refractivity contribution < 1.29 is 29.0 Å². The average Bonchev–Trinajstić information content (AvgIpc) is 2.94. The van der Waals surface area contributed by atoms with Gasteiger partial charge in [0, 0.05) is 29.7 Å². The van der Waals surface area contributed by atoms with Gasteiger partial charge in [-0.25, -0.2) is 9.59 Å². The minimum absolute atomic E-state index is 0.0147. The summed E-state index contributed by atoms with van der Waals surface area (Å²) in [5, 5.41) is 14.1. The third-order valence-corrected chi connectivity index (χ3v) is 6.14. The first-order chi connectivity index (χ1) is 18.4. The molecule has 0 saturated heterocycles. The fraction of sp³-hybridized carbons (Fsp3) is 0.214. The predicted octanol–water partition coefficient (Wildman–Crippen LogP) is 3.53. The van der Waals surface area contributed by atoms with Gasteiger partial charge < -0.3 is 30.3 Å². The van der Waals surface area contributed by atoms with E-state index in [1.54, 1.807) is 29.2 Å². The number of nitrogens with zero attached hydrogens (tertiary/aromatic N) is 2. The maximum absolute atomic E-state index is 13.4. The van der Waals surface area contributed by atoms with Crippen LogP contribution in [0.2, 0.25) is 0 Å². The molecule has 10 heteroatoms. The van der Waals surface area contributed by atoms with Crippen LogP contribution in [0.15, 0.2) is 72.8 Å². The molecule has 4 amide bonds. The SMILES string of the molecule is COc1cccc(N(CC(=O)N2CCCc3ccccc32)C(=O)CNC(=O)Nc2cccc(C(=O)O)c2)c1. The van der Waals surface area contributed by atoms with Crippen LogP contribution in [0.25, 0.3) is 0 Å². The number of carbonyl (C=O) groups excluding carboxylic acids is 3. The lowest BCUT2D eigenvalue weighted by Crippen LogP contribution is -2.48. The van der Waals surface area contributed by atoms with Gasteiger partial charge >= 0.3 is 12.0 Å². The number of methoxy groups -OCH3 is 1. The topological polar surface area (TPSA) is 128 Å². The Kier molecular flexibility index (Phi) is 8.22. The fourth-order valence-corrected chi connectivity index (χ4v) is 4.27. The number of fused-ring (bicyclic) bond motifs is 1. The summed E-state index contributed by atoms with van der Waals surface area (Å²) in [6.07, 6.45) is 1.70. The first-order valence-electron chi connectivity index (χ1n) is 12.1. The minimum Gasteiger partial charge on any atom is -0.497 e. The van der Waals surface area contributed by atoms with E-state index in [0.717, 1.165) is 24.1 Å². The van der Waals surface area contributed by atoms with Crippen LogP contribution >= 0.6 is 0 Å². The van der Waals surface area contributed by atoms with Gasteiger partial charge in [-0.3, -0.25) is 9.59 Å². The van der Waals surface area contributed by atoms with Crippen molar-refractivity contribution in [3.8, 4) is 5.75 Å². The number of amides is 4. The van der Waals surface area contributed by atoms with Crippen LogP contribution < -0.4 is 25.2 Å². The van der Waals surface area contributed by atoms with Crippen molar-refractivity contribution in [1.29, 1.82) is 0 Å². The summed E-state index contributed by atoms with van der Waals surface area (Å²) in [4.78, 5) is 53.3. The van der Waals surface area contributed by atoms with Gasteiger partial charge in [0.15, 0.2) is 0 Å². The Balaban J connectivity index is 1.48. The molecule has 3 N–H and O–H groups in total. The molecule has 0 saturated carbocycles. The van der Waals surface area contributed by atoms with E-state index in [4.69, 9.17) is 9.84 Å². The molecule has 38 heavy (non-hydrogen) atoms. The van der Waals surface area contributed by atoms with Gasteiger partial charge in [-0.2, -0.15) is 0 Å². The Hall–Kier alpha value is -4.86. The van der Waals surface area contributed by atoms with Crippen LogP contribution in [0.3, 0.4) is 0 Å². The van der Waals surface area contributed by atoms with Gasteiger partial charge in [0.05, 0.1) is 19.2 Å². The quantitative estimate of drug-likeness (QED) is 0.420. The number of ether oxygens (including phenoxy) is 1. The van der Waals surface area contributed by atoms with Crippen molar-refractivity contribution in [3.63, 3.8) is 0 Å². The first-order valence-corrected chi connectivity index (χ1v) is 12.1. The van der Waals surface area contributed by atoms with Crippen molar-refractivity contribution >= 4 is 40.9 Å². The van der Waals surface area contributed by atoms with Crippen molar-refractivity contribution in [2.45, 2.75) is 12.8 Å². The molecular weight excluding hydrogens is 488 g/mol. The van der Waals surface area contributed by atoms with E-state index in [0.29, 0.717) is 18.0 Å². The number of benzene rings is 3. The molecule has 1 aliphatic rings. The summed E-state index contributed by atoms with van der Waals surface area (Å²) in [6.45, 7) is -0.0815. The van der Waals surface area contributed by atoms with Crippen LogP contribution in [0, 0.1) is 0 Å². The van der Waals surface area contributed by atoms with Crippen LogP contribution in [0.1, 0.15) is 22.3 Å². The molecule has 0 aromatic heterocycles. The Morgan fingerprint density at radius 1 is 1.00 bits per heavy atom. The van der Waals surface area contributed by atoms with Crippen molar-refractivity contribution in [1.82, 2.24) is 5.32 Å². The largest absolute Gasteiger partial charge is 0.497 e. The Morgan fingerprint density at radius 3 is 2.58 bits per heavy atom. The summed E-state index contributed by atoms with van der Waals surface area (Å²) in [5.41, 5.74) is 2.64. The smallest absolute Gasteiger partial charge is 0.335 e. The third kappa shape index (κ3) is 6.28. The molecule has 10 nitrogen and oxygen atoms in total. The summed E-state index contributed by atoms with van der Waals surface area (Å²) < 4.78 is 5.29. The number of urea groups is 1. The van der Waals surface area contributed by atoms with Crippen molar-refractivity contribution in [2.75, 3.05) is 41.9 Å². The predicted molar refractivity (Wildman–Crippen MR) is 143 cm³/mol. The Labute approximate surface area is 219 Å². The lowest BCUT2D eigenvalue weighted by atomic mass is 10.0. The van der Waals surface area contributed by atoms with E-state index in [1.807, 2.05) is 24.3 Å². The van der Waals surface area contributed by atoms with Gasteiger partial charge in [-0.15, -0.1) is 0 Å². The summed E-state index contributed by atoms with van der Waals surface area (Å²) in [5.74, 6) is -1.37. The van der Waals surface area contributed by atoms with E-state index in [9.17, 15) is 19.2 Å². The monoisotopic (exact) mass is 516 g/mol. The zero-order valence-corrected chi connectivity index (χ0v) is 20.8. The normalized spacial score (nSPS) is 12.2. The van der Waals surface area contributed by atoms with Gasteiger partial charge in [0.25, 0.3) is 0 Å². The molecule has 0 unspecified atom stereocenters. The second-order valence-corrected chi connectivity index (χ2v) is 8.65. The average molecular weight is 517 g/mol. The van der Waals surface area contributed by atoms with Crippen LogP contribution in [-0.4, -0.2) is 55.7 Å². The molecule has 0 spiro atoms. The number of carbonyl (C=O) groups is 4. The Morgan fingerprint density at radius 2 is 1.79 bits per heavy atom. The number of aryl methyl sites for hydroxylation is 1. The van der Waals surface area contributed by atoms with E-state index in [1.165, 1.54) is 36.3 Å². The maximum Gasteiger partial charge on any atom is 0.335 e. The minimum atomic E-state index is -1.13. The highest BCUT2D eigenvalue weighted by Crippen LogP contribution is 2.28.